The van der Waals surface area contributed by atoms with E-state index in [1.165, 1.54) is 11.0 Å². The number of likely N-dealkylation sites (N-methyl/N-ethyl adjacent to an activating group) is 1. The molecule has 0 saturated carbocycles. The first kappa shape index (κ1) is 23.7. The lowest BCUT2D eigenvalue weighted by molar-refractivity contribution is -0.130. The van der Waals surface area contributed by atoms with E-state index < -0.39 is 18.5 Å². The number of hydrogen-bond donors (Lipinski definition) is 1. The maximum atomic E-state index is 12.4. The van der Waals surface area contributed by atoms with E-state index in [1.807, 2.05) is 12.1 Å². The van der Waals surface area contributed by atoms with Gasteiger partial charge in [0.05, 0.1) is 0 Å². The van der Waals surface area contributed by atoms with Crippen LogP contribution in [0.4, 0.5) is 11.4 Å². The minimum Gasteiger partial charge on any atom is -0.483 e. The number of carbonyl (C=O) groups excluding carboxylic acids is 3. The summed E-state index contributed by atoms with van der Waals surface area (Å²) in [6, 6.07) is 13.9. The number of para-hydroxylation sites is 1. The molecule has 0 aliphatic carbocycles. The zero-order chi connectivity index (χ0) is 22.8. The Balaban J connectivity index is 1.91. The summed E-state index contributed by atoms with van der Waals surface area (Å²) in [7, 11) is 3.23. The van der Waals surface area contributed by atoms with Gasteiger partial charge in [0.2, 0.25) is 0 Å². The molecule has 8 nitrogen and oxygen atoms in total. The van der Waals surface area contributed by atoms with Crippen LogP contribution in [0, 0.1) is 0 Å². The van der Waals surface area contributed by atoms with Crippen molar-refractivity contribution in [2.24, 2.45) is 0 Å². The SMILES string of the molecule is CCN(CC)c1ccc(NC(=O)COC(=O)c2ccccc2OCC(=O)N(C)C)cc1. The second kappa shape index (κ2) is 11.6. The van der Waals surface area contributed by atoms with Gasteiger partial charge < -0.3 is 24.6 Å². The van der Waals surface area contributed by atoms with Crippen molar-refractivity contribution in [1.82, 2.24) is 4.90 Å². The van der Waals surface area contributed by atoms with E-state index in [0.29, 0.717) is 5.69 Å². The molecule has 0 bridgehead atoms. The van der Waals surface area contributed by atoms with E-state index in [9.17, 15) is 14.4 Å². The molecule has 0 aliphatic rings. The van der Waals surface area contributed by atoms with E-state index in [1.54, 1.807) is 44.4 Å². The Hall–Kier alpha value is -3.55. The topological polar surface area (TPSA) is 88.2 Å². The first-order valence-electron chi connectivity index (χ1n) is 10.1. The third-order valence-electron chi connectivity index (χ3n) is 4.57. The van der Waals surface area contributed by atoms with Crippen molar-refractivity contribution in [3.05, 3.63) is 54.1 Å². The minimum absolute atomic E-state index is 0.144. The van der Waals surface area contributed by atoms with E-state index in [4.69, 9.17) is 9.47 Å². The Bertz CT molecular complexity index is 892. The highest BCUT2D eigenvalue weighted by molar-refractivity contribution is 5.97. The summed E-state index contributed by atoms with van der Waals surface area (Å²) >= 11 is 0. The van der Waals surface area contributed by atoms with Gasteiger partial charge in [-0.3, -0.25) is 9.59 Å². The van der Waals surface area contributed by atoms with Crippen LogP contribution in [0.15, 0.2) is 48.5 Å². The maximum Gasteiger partial charge on any atom is 0.342 e. The summed E-state index contributed by atoms with van der Waals surface area (Å²) in [4.78, 5) is 39.9. The van der Waals surface area contributed by atoms with Crippen LogP contribution in [0.5, 0.6) is 5.75 Å². The summed E-state index contributed by atoms with van der Waals surface area (Å²) in [5, 5.41) is 2.70. The van der Waals surface area contributed by atoms with Crippen LogP contribution in [0.3, 0.4) is 0 Å². The number of rotatable bonds is 10. The summed E-state index contributed by atoms with van der Waals surface area (Å²) in [6.07, 6.45) is 0. The molecule has 0 fully saturated rings. The summed E-state index contributed by atoms with van der Waals surface area (Å²) < 4.78 is 10.6. The molecule has 0 saturated heterocycles. The van der Waals surface area contributed by atoms with E-state index >= 15 is 0 Å². The van der Waals surface area contributed by atoms with Crippen molar-refractivity contribution in [1.29, 1.82) is 0 Å². The zero-order valence-corrected chi connectivity index (χ0v) is 18.4. The molecule has 2 amide bonds. The van der Waals surface area contributed by atoms with Crippen LogP contribution in [0.25, 0.3) is 0 Å². The molecule has 0 heterocycles. The first-order chi connectivity index (χ1) is 14.8. The maximum absolute atomic E-state index is 12.4. The number of hydrogen-bond acceptors (Lipinski definition) is 6. The van der Waals surface area contributed by atoms with Gasteiger partial charge in [-0.15, -0.1) is 0 Å². The van der Waals surface area contributed by atoms with Crippen molar-refractivity contribution in [3.63, 3.8) is 0 Å². The van der Waals surface area contributed by atoms with Crippen molar-refractivity contribution < 1.29 is 23.9 Å². The van der Waals surface area contributed by atoms with Gasteiger partial charge in [-0.05, 0) is 50.2 Å². The largest absolute Gasteiger partial charge is 0.483 e. The van der Waals surface area contributed by atoms with Crippen LogP contribution in [0.2, 0.25) is 0 Å². The van der Waals surface area contributed by atoms with Gasteiger partial charge in [0, 0.05) is 38.6 Å². The third kappa shape index (κ3) is 7.02. The van der Waals surface area contributed by atoms with E-state index in [-0.39, 0.29) is 23.8 Å². The van der Waals surface area contributed by atoms with Crippen LogP contribution in [0.1, 0.15) is 24.2 Å². The zero-order valence-electron chi connectivity index (χ0n) is 18.4. The Morgan fingerprint density at radius 1 is 0.903 bits per heavy atom. The van der Waals surface area contributed by atoms with Gasteiger partial charge in [0.1, 0.15) is 11.3 Å². The van der Waals surface area contributed by atoms with Crippen molar-refractivity contribution >= 4 is 29.2 Å². The number of anilines is 2. The molecular weight excluding hydrogens is 398 g/mol. The smallest absolute Gasteiger partial charge is 0.342 e. The Morgan fingerprint density at radius 3 is 2.16 bits per heavy atom. The standard InChI is InChI=1S/C23H29N3O5/c1-5-26(6-2)18-13-11-17(12-14-18)24-21(27)15-31-23(29)19-9-7-8-10-20(19)30-16-22(28)25(3)4/h7-14H,5-6,15-16H2,1-4H3,(H,24,27). The average molecular weight is 428 g/mol. The van der Waals surface area contributed by atoms with Crippen LogP contribution < -0.4 is 15.0 Å². The number of nitrogens with one attached hydrogen (secondary N) is 1. The summed E-state index contributed by atoms with van der Waals surface area (Å²) in [5.74, 6) is -1.19. The van der Waals surface area contributed by atoms with Crippen molar-refractivity contribution in [2.45, 2.75) is 13.8 Å². The Labute approximate surface area is 182 Å². The molecule has 166 valence electrons. The van der Waals surface area contributed by atoms with Gasteiger partial charge in [0.15, 0.2) is 13.2 Å². The molecular formula is C23H29N3O5. The highest BCUT2D eigenvalue weighted by Gasteiger charge is 2.16. The predicted octanol–water partition coefficient (Wildman–Crippen LogP) is 2.80. The number of nitrogens with zero attached hydrogens (tertiary/aromatic N) is 2. The fourth-order valence-electron chi connectivity index (χ4n) is 2.78. The van der Waals surface area contributed by atoms with Crippen LogP contribution >= 0.6 is 0 Å². The van der Waals surface area contributed by atoms with Crippen molar-refractivity contribution in [2.75, 3.05) is 50.6 Å². The third-order valence-corrected chi connectivity index (χ3v) is 4.57. The van der Waals surface area contributed by atoms with E-state index in [2.05, 4.69) is 24.1 Å². The number of esters is 1. The fourth-order valence-corrected chi connectivity index (χ4v) is 2.78. The molecule has 1 N–H and O–H groups in total. The van der Waals surface area contributed by atoms with Gasteiger partial charge in [-0.2, -0.15) is 0 Å². The highest BCUT2D eigenvalue weighted by Crippen LogP contribution is 2.20. The molecule has 0 radical (unpaired) electrons. The first-order valence-corrected chi connectivity index (χ1v) is 10.1. The number of amides is 2. The molecule has 2 aromatic carbocycles. The average Bonchev–Trinajstić information content (AvgIpc) is 2.77. The summed E-state index contributed by atoms with van der Waals surface area (Å²) in [6.45, 7) is 5.30. The van der Waals surface area contributed by atoms with Crippen molar-refractivity contribution in [3.8, 4) is 5.75 Å². The lowest BCUT2D eigenvalue weighted by Crippen LogP contribution is -2.28. The molecule has 31 heavy (non-hydrogen) atoms. The van der Waals surface area contributed by atoms with Gasteiger partial charge in [-0.25, -0.2) is 4.79 Å². The van der Waals surface area contributed by atoms with E-state index in [0.717, 1.165) is 18.8 Å². The minimum atomic E-state index is -0.708. The quantitative estimate of drug-likeness (QED) is 0.587. The lowest BCUT2D eigenvalue weighted by atomic mass is 10.2. The Kier molecular flexibility index (Phi) is 8.87. The van der Waals surface area contributed by atoms with Crippen LogP contribution in [-0.4, -0.2) is 63.1 Å². The van der Waals surface area contributed by atoms with Gasteiger partial charge in [0.25, 0.3) is 11.8 Å². The normalized spacial score (nSPS) is 10.2. The second-order valence-electron chi connectivity index (χ2n) is 6.92. The fraction of sp³-hybridized carbons (Fsp3) is 0.348. The molecule has 0 spiro atoms. The molecule has 2 rings (SSSR count). The molecule has 0 aromatic heterocycles. The Morgan fingerprint density at radius 2 is 1.55 bits per heavy atom. The van der Waals surface area contributed by atoms with Gasteiger partial charge in [-0.1, -0.05) is 12.1 Å². The van der Waals surface area contributed by atoms with Crippen LogP contribution in [-0.2, 0) is 14.3 Å². The molecule has 0 unspecified atom stereocenters. The number of benzene rings is 2. The highest BCUT2D eigenvalue weighted by atomic mass is 16.5. The second-order valence-corrected chi connectivity index (χ2v) is 6.92. The predicted molar refractivity (Wildman–Crippen MR) is 120 cm³/mol. The summed E-state index contributed by atoms with van der Waals surface area (Å²) in [5.41, 5.74) is 1.83. The molecule has 8 heteroatoms. The molecule has 0 aliphatic heterocycles. The molecule has 2 aromatic rings. The van der Waals surface area contributed by atoms with Gasteiger partial charge >= 0.3 is 5.97 Å². The lowest BCUT2D eigenvalue weighted by Gasteiger charge is -2.21. The number of carbonyl (C=O) groups is 3. The number of ether oxygens (including phenoxy) is 2. The molecule has 0 atom stereocenters. The monoisotopic (exact) mass is 427 g/mol.